The molecule has 0 bridgehead atoms. The van der Waals surface area contributed by atoms with Crippen LogP contribution in [0.3, 0.4) is 0 Å². The van der Waals surface area contributed by atoms with Crippen molar-refractivity contribution in [1.82, 2.24) is 0 Å². The minimum atomic E-state index is -1.17. The fourth-order valence-electron chi connectivity index (χ4n) is 1.94. The summed E-state index contributed by atoms with van der Waals surface area (Å²) in [6.07, 6.45) is -2.30. The second-order valence-electron chi connectivity index (χ2n) is 4.58. The Hall–Kier alpha value is -1.46. The van der Waals surface area contributed by atoms with Gasteiger partial charge in [0, 0.05) is 13.5 Å². The van der Waals surface area contributed by atoms with Crippen molar-refractivity contribution in [3.05, 3.63) is 35.4 Å². The summed E-state index contributed by atoms with van der Waals surface area (Å²) in [7, 11) is 1.39. The van der Waals surface area contributed by atoms with Crippen LogP contribution in [-0.4, -0.2) is 38.3 Å². The summed E-state index contributed by atoms with van der Waals surface area (Å²) < 4.78 is 28.5. The highest BCUT2D eigenvalue weighted by molar-refractivity contribution is 5.89. The lowest BCUT2D eigenvalue weighted by Gasteiger charge is -2.12. The van der Waals surface area contributed by atoms with Gasteiger partial charge in [0.2, 0.25) is 0 Å². The monoisotopic (exact) mass is 268 g/mol. The molecular formula is C14H17FO4. The number of methoxy groups -OCH3 is 1. The van der Waals surface area contributed by atoms with Gasteiger partial charge in [0.05, 0.1) is 11.7 Å². The van der Waals surface area contributed by atoms with Crippen LogP contribution in [0.4, 0.5) is 4.39 Å². The number of carbonyl (C=O) groups excluding carboxylic acids is 1. The zero-order valence-electron chi connectivity index (χ0n) is 11.0. The number of benzene rings is 1. The van der Waals surface area contributed by atoms with Crippen molar-refractivity contribution in [2.24, 2.45) is 0 Å². The van der Waals surface area contributed by atoms with E-state index >= 15 is 0 Å². The molecular weight excluding hydrogens is 251 g/mol. The molecule has 2 rings (SSSR count). The number of esters is 1. The van der Waals surface area contributed by atoms with Gasteiger partial charge in [0.1, 0.15) is 6.61 Å². The first-order chi connectivity index (χ1) is 9.10. The SMILES string of the molecule is COC1OC(COC(=O)c2ccc(C)cc2)CC1F. The molecule has 19 heavy (non-hydrogen) atoms. The Morgan fingerprint density at radius 2 is 2.11 bits per heavy atom. The molecule has 3 atom stereocenters. The average molecular weight is 268 g/mol. The summed E-state index contributed by atoms with van der Waals surface area (Å²) in [6.45, 7) is 1.97. The van der Waals surface area contributed by atoms with Gasteiger partial charge in [-0.3, -0.25) is 0 Å². The summed E-state index contributed by atoms with van der Waals surface area (Å²) >= 11 is 0. The zero-order chi connectivity index (χ0) is 13.8. The van der Waals surface area contributed by atoms with Crippen LogP contribution in [0.15, 0.2) is 24.3 Å². The quantitative estimate of drug-likeness (QED) is 0.786. The predicted molar refractivity (Wildman–Crippen MR) is 66.6 cm³/mol. The summed E-state index contributed by atoms with van der Waals surface area (Å²) in [5, 5.41) is 0. The molecule has 0 spiro atoms. The maximum Gasteiger partial charge on any atom is 0.338 e. The standard InChI is InChI=1S/C14H17FO4/c1-9-3-5-10(6-4-9)13(16)18-8-11-7-12(15)14(17-2)19-11/h3-6,11-12,14H,7-8H2,1-2H3. The Bertz CT molecular complexity index is 432. The second-order valence-corrected chi connectivity index (χ2v) is 4.58. The third-order valence-electron chi connectivity index (χ3n) is 3.03. The van der Waals surface area contributed by atoms with Gasteiger partial charge < -0.3 is 14.2 Å². The smallest absolute Gasteiger partial charge is 0.338 e. The van der Waals surface area contributed by atoms with Crippen LogP contribution < -0.4 is 0 Å². The first kappa shape index (κ1) is 14.0. The Labute approximate surface area is 111 Å². The first-order valence-electron chi connectivity index (χ1n) is 6.16. The van der Waals surface area contributed by atoms with E-state index in [-0.39, 0.29) is 13.0 Å². The van der Waals surface area contributed by atoms with E-state index in [0.717, 1.165) is 5.56 Å². The normalized spacial score (nSPS) is 26.4. The van der Waals surface area contributed by atoms with Crippen LogP contribution in [0.1, 0.15) is 22.3 Å². The molecule has 1 aromatic rings. The Balaban J connectivity index is 1.83. The van der Waals surface area contributed by atoms with E-state index in [1.54, 1.807) is 12.1 Å². The van der Waals surface area contributed by atoms with Gasteiger partial charge in [0.25, 0.3) is 0 Å². The van der Waals surface area contributed by atoms with Gasteiger partial charge >= 0.3 is 5.97 Å². The van der Waals surface area contributed by atoms with Crippen molar-refractivity contribution in [3.8, 4) is 0 Å². The molecule has 5 heteroatoms. The molecule has 0 aliphatic carbocycles. The maximum atomic E-state index is 13.3. The lowest BCUT2D eigenvalue weighted by Crippen LogP contribution is -2.21. The Morgan fingerprint density at radius 1 is 1.42 bits per heavy atom. The molecule has 104 valence electrons. The summed E-state index contributed by atoms with van der Waals surface area (Å²) in [5.74, 6) is -0.431. The van der Waals surface area contributed by atoms with Crippen molar-refractivity contribution >= 4 is 5.97 Å². The van der Waals surface area contributed by atoms with Crippen molar-refractivity contribution in [2.45, 2.75) is 31.9 Å². The van der Waals surface area contributed by atoms with E-state index in [4.69, 9.17) is 14.2 Å². The fourth-order valence-corrected chi connectivity index (χ4v) is 1.94. The molecule has 0 aromatic heterocycles. The van der Waals surface area contributed by atoms with Crippen LogP contribution in [0.25, 0.3) is 0 Å². The average Bonchev–Trinajstić information content (AvgIpc) is 2.77. The highest BCUT2D eigenvalue weighted by Crippen LogP contribution is 2.24. The van der Waals surface area contributed by atoms with E-state index in [1.807, 2.05) is 19.1 Å². The van der Waals surface area contributed by atoms with Crippen molar-refractivity contribution < 1.29 is 23.4 Å². The third kappa shape index (κ3) is 3.52. The predicted octanol–water partition coefficient (Wildman–Crippen LogP) is 2.25. The molecule has 4 nitrogen and oxygen atoms in total. The maximum absolute atomic E-state index is 13.3. The molecule has 0 saturated carbocycles. The van der Waals surface area contributed by atoms with Gasteiger partial charge in [-0.05, 0) is 19.1 Å². The van der Waals surface area contributed by atoms with Crippen LogP contribution >= 0.6 is 0 Å². The van der Waals surface area contributed by atoms with Crippen LogP contribution in [0.2, 0.25) is 0 Å². The summed E-state index contributed by atoms with van der Waals surface area (Å²) in [4.78, 5) is 11.7. The molecule has 3 unspecified atom stereocenters. The van der Waals surface area contributed by atoms with Gasteiger partial charge in [-0.15, -0.1) is 0 Å². The van der Waals surface area contributed by atoms with Crippen molar-refractivity contribution in [2.75, 3.05) is 13.7 Å². The fraction of sp³-hybridized carbons (Fsp3) is 0.500. The number of aryl methyl sites for hydroxylation is 1. The number of halogens is 1. The van der Waals surface area contributed by atoms with Gasteiger partial charge in [-0.2, -0.15) is 0 Å². The Kier molecular flexibility index (Phi) is 4.50. The number of rotatable bonds is 4. The summed E-state index contributed by atoms with van der Waals surface area (Å²) in [5.41, 5.74) is 1.54. The molecule has 1 aliphatic rings. The largest absolute Gasteiger partial charge is 0.459 e. The van der Waals surface area contributed by atoms with Gasteiger partial charge in [0.15, 0.2) is 12.5 Å². The lowest BCUT2D eigenvalue weighted by atomic mass is 10.1. The van der Waals surface area contributed by atoms with E-state index in [0.29, 0.717) is 5.56 Å². The second kappa shape index (κ2) is 6.12. The summed E-state index contributed by atoms with van der Waals surface area (Å²) in [6, 6.07) is 7.06. The number of carbonyl (C=O) groups is 1. The zero-order valence-corrected chi connectivity index (χ0v) is 11.0. The van der Waals surface area contributed by atoms with Crippen molar-refractivity contribution in [3.63, 3.8) is 0 Å². The molecule has 0 N–H and O–H groups in total. The first-order valence-corrected chi connectivity index (χ1v) is 6.16. The third-order valence-corrected chi connectivity index (χ3v) is 3.03. The van der Waals surface area contributed by atoms with E-state index in [9.17, 15) is 9.18 Å². The molecule has 0 radical (unpaired) electrons. The molecule has 1 aromatic carbocycles. The van der Waals surface area contributed by atoms with E-state index < -0.39 is 24.5 Å². The Morgan fingerprint density at radius 3 is 2.68 bits per heavy atom. The minimum Gasteiger partial charge on any atom is -0.459 e. The van der Waals surface area contributed by atoms with Crippen LogP contribution in [0.5, 0.6) is 0 Å². The molecule has 1 heterocycles. The number of hydrogen-bond donors (Lipinski definition) is 0. The number of hydrogen-bond acceptors (Lipinski definition) is 4. The number of ether oxygens (including phenoxy) is 3. The lowest BCUT2D eigenvalue weighted by molar-refractivity contribution is -0.141. The molecule has 1 saturated heterocycles. The van der Waals surface area contributed by atoms with E-state index in [2.05, 4.69) is 0 Å². The highest BCUT2D eigenvalue weighted by Gasteiger charge is 2.36. The topological polar surface area (TPSA) is 44.8 Å². The van der Waals surface area contributed by atoms with Crippen LogP contribution in [0, 0.1) is 6.92 Å². The van der Waals surface area contributed by atoms with Gasteiger partial charge in [-0.1, -0.05) is 17.7 Å². The number of alkyl halides is 1. The highest BCUT2D eigenvalue weighted by atomic mass is 19.1. The molecule has 1 fully saturated rings. The minimum absolute atomic E-state index is 0.0347. The van der Waals surface area contributed by atoms with E-state index in [1.165, 1.54) is 7.11 Å². The molecule has 0 amide bonds. The van der Waals surface area contributed by atoms with Gasteiger partial charge in [-0.25, -0.2) is 9.18 Å². The molecule has 1 aliphatic heterocycles. The van der Waals surface area contributed by atoms with Crippen LogP contribution in [-0.2, 0) is 14.2 Å². The van der Waals surface area contributed by atoms with Crippen molar-refractivity contribution in [1.29, 1.82) is 0 Å².